The molecule has 1 spiro atoms. The smallest absolute Gasteiger partial charge is 0.365 e. The number of halogens is 3. The van der Waals surface area contributed by atoms with Crippen LogP contribution < -0.4 is 4.90 Å². The topological polar surface area (TPSA) is 55.5 Å². The van der Waals surface area contributed by atoms with Crippen LogP contribution in [0.15, 0.2) is 0 Å². The van der Waals surface area contributed by atoms with Gasteiger partial charge in [0.1, 0.15) is 0 Å². The lowest BCUT2D eigenvalue weighted by Gasteiger charge is -2.49. The van der Waals surface area contributed by atoms with E-state index in [4.69, 9.17) is 4.74 Å². The number of hydrogen-bond acceptors (Lipinski definition) is 5. The second-order valence-corrected chi connectivity index (χ2v) is 8.44. The van der Waals surface area contributed by atoms with Crippen LogP contribution in [0.25, 0.3) is 5.65 Å². The number of aryl methyl sites for hydroxylation is 1. The van der Waals surface area contributed by atoms with E-state index in [9.17, 15) is 13.2 Å². The first-order valence-electron chi connectivity index (χ1n) is 9.26. The van der Waals surface area contributed by atoms with Gasteiger partial charge in [0.05, 0.1) is 11.2 Å². The summed E-state index contributed by atoms with van der Waals surface area (Å²) in [5.41, 5.74) is 0.979. The minimum atomic E-state index is -4.61. The highest BCUT2D eigenvalue weighted by Crippen LogP contribution is 2.42. The first kappa shape index (κ1) is 18.5. The average molecular weight is 383 g/mol. The molecule has 0 unspecified atom stereocenters. The number of fused-ring (bicyclic) bond motifs is 1. The maximum atomic E-state index is 13.3. The molecule has 148 valence electrons. The van der Waals surface area contributed by atoms with Gasteiger partial charge in [-0.2, -0.15) is 17.7 Å². The van der Waals surface area contributed by atoms with Crippen molar-refractivity contribution >= 4 is 11.5 Å². The number of nitrogens with zero attached hydrogens (tertiary/aromatic N) is 5. The summed E-state index contributed by atoms with van der Waals surface area (Å²) in [6.45, 7) is 8.90. The van der Waals surface area contributed by atoms with Crippen LogP contribution in [0.2, 0.25) is 0 Å². The minimum Gasteiger partial charge on any atom is -0.365 e. The van der Waals surface area contributed by atoms with E-state index >= 15 is 0 Å². The second kappa shape index (κ2) is 5.80. The van der Waals surface area contributed by atoms with Gasteiger partial charge in [0.15, 0.2) is 11.5 Å². The molecule has 2 fully saturated rings. The SMILES string of the molecule is Cc1c(N2CC(C)(C)OC3(CCCC3)C2)nn2c(C(F)(F)F)nnc2c1C. The molecular weight excluding hydrogens is 359 g/mol. The Balaban J connectivity index is 1.84. The molecule has 0 bridgehead atoms. The molecule has 0 aromatic carbocycles. The number of aromatic nitrogens is 4. The van der Waals surface area contributed by atoms with Crippen LogP contribution in [-0.4, -0.2) is 44.1 Å². The van der Waals surface area contributed by atoms with Crippen molar-refractivity contribution in [2.45, 2.75) is 70.8 Å². The van der Waals surface area contributed by atoms with Gasteiger partial charge in [0, 0.05) is 24.2 Å². The Labute approximate surface area is 155 Å². The average Bonchev–Trinajstić information content (AvgIpc) is 3.15. The summed E-state index contributed by atoms with van der Waals surface area (Å²) in [6, 6.07) is 0. The van der Waals surface area contributed by atoms with Crippen LogP contribution in [0.1, 0.15) is 56.5 Å². The Morgan fingerprint density at radius 3 is 2.30 bits per heavy atom. The van der Waals surface area contributed by atoms with Crippen LogP contribution in [0.4, 0.5) is 19.0 Å². The Morgan fingerprint density at radius 2 is 1.67 bits per heavy atom. The zero-order valence-electron chi connectivity index (χ0n) is 16.0. The summed E-state index contributed by atoms with van der Waals surface area (Å²) in [5.74, 6) is -0.544. The molecule has 1 aliphatic heterocycles. The molecule has 27 heavy (non-hydrogen) atoms. The van der Waals surface area contributed by atoms with E-state index in [1.807, 2.05) is 20.8 Å². The summed E-state index contributed by atoms with van der Waals surface area (Å²) in [5, 5.41) is 11.4. The summed E-state index contributed by atoms with van der Waals surface area (Å²) in [7, 11) is 0. The third-order valence-electron chi connectivity index (χ3n) is 5.68. The first-order chi connectivity index (χ1) is 12.5. The van der Waals surface area contributed by atoms with Gasteiger partial charge in [0.25, 0.3) is 5.82 Å². The van der Waals surface area contributed by atoms with Crippen molar-refractivity contribution in [2.24, 2.45) is 0 Å². The molecule has 0 radical (unpaired) electrons. The predicted octanol–water partition coefficient (Wildman–Crippen LogP) is 3.69. The molecule has 2 aromatic heterocycles. The molecule has 2 aliphatic rings. The molecule has 1 aliphatic carbocycles. The summed E-state index contributed by atoms with van der Waals surface area (Å²) in [4.78, 5) is 2.08. The Bertz CT molecular complexity index is 883. The van der Waals surface area contributed by atoms with Crippen molar-refractivity contribution < 1.29 is 17.9 Å². The minimum absolute atomic E-state index is 0.145. The standard InChI is InChI=1S/C18H24F3N5O/c1-11-12(2)14(24-26-13(11)22-23-15(26)18(19,20)21)25-9-16(3,4)27-17(10-25)7-5-6-8-17/h5-10H2,1-4H3. The Morgan fingerprint density at radius 1 is 1.00 bits per heavy atom. The van der Waals surface area contributed by atoms with E-state index in [1.165, 1.54) is 0 Å². The normalized spacial score (nSPS) is 22.1. The fraction of sp³-hybridized carbons (Fsp3) is 0.722. The molecule has 1 saturated carbocycles. The van der Waals surface area contributed by atoms with Gasteiger partial charge >= 0.3 is 6.18 Å². The van der Waals surface area contributed by atoms with E-state index in [2.05, 4.69) is 20.2 Å². The van der Waals surface area contributed by atoms with E-state index in [0.29, 0.717) is 24.5 Å². The van der Waals surface area contributed by atoms with Gasteiger partial charge in [-0.3, -0.25) is 0 Å². The fourth-order valence-electron chi connectivity index (χ4n) is 4.53. The highest BCUT2D eigenvalue weighted by molar-refractivity contribution is 5.59. The van der Waals surface area contributed by atoms with Crippen LogP contribution >= 0.6 is 0 Å². The number of alkyl halides is 3. The zero-order chi connectivity index (χ0) is 19.6. The maximum Gasteiger partial charge on any atom is 0.453 e. The highest BCUT2D eigenvalue weighted by Gasteiger charge is 2.47. The van der Waals surface area contributed by atoms with Crippen molar-refractivity contribution in [3.63, 3.8) is 0 Å². The largest absolute Gasteiger partial charge is 0.453 e. The molecule has 0 amide bonds. The Kier molecular flexibility index (Phi) is 3.96. The Hall–Kier alpha value is -1.90. The summed E-state index contributed by atoms with van der Waals surface area (Å²) in [6.07, 6.45) is -0.459. The predicted molar refractivity (Wildman–Crippen MR) is 93.8 cm³/mol. The van der Waals surface area contributed by atoms with Crippen molar-refractivity contribution in [1.82, 2.24) is 19.8 Å². The van der Waals surface area contributed by atoms with Crippen molar-refractivity contribution in [1.29, 1.82) is 0 Å². The monoisotopic (exact) mass is 383 g/mol. The van der Waals surface area contributed by atoms with Gasteiger partial charge < -0.3 is 9.64 Å². The van der Waals surface area contributed by atoms with Crippen LogP contribution in [0, 0.1) is 13.8 Å². The van der Waals surface area contributed by atoms with Crippen molar-refractivity contribution in [3.8, 4) is 0 Å². The number of morpholine rings is 1. The number of rotatable bonds is 1. The van der Waals surface area contributed by atoms with E-state index in [1.54, 1.807) is 6.92 Å². The number of hydrogen-bond donors (Lipinski definition) is 0. The molecule has 0 N–H and O–H groups in total. The van der Waals surface area contributed by atoms with Gasteiger partial charge in [-0.15, -0.1) is 15.3 Å². The summed E-state index contributed by atoms with van der Waals surface area (Å²) >= 11 is 0. The van der Waals surface area contributed by atoms with E-state index in [0.717, 1.165) is 35.8 Å². The van der Waals surface area contributed by atoms with Gasteiger partial charge in [-0.25, -0.2) is 0 Å². The van der Waals surface area contributed by atoms with Gasteiger partial charge in [-0.1, -0.05) is 12.8 Å². The quantitative estimate of drug-likeness (QED) is 0.752. The van der Waals surface area contributed by atoms with E-state index < -0.39 is 17.6 Å². The highest BCUT2D eigenvalue weighted by atomic mass is 19.4. The van der Waals surface area contributed by atoms with Crippen LogP contribution in [0.5, 0.6) is 0 Å². The lowest BCUT2D eigenvalue weighted by molar-refractivity contribution is -0.149. The fourth-order valence-corrected chi connectivity index (χ4v) is 4.53. The molecule has 1 saturated heterocycles. The molecule has 9 heteroatoms. The molecule has 0 atom stereocenters. The maximum absolute atomic E-state index is 13.3. The van der Waals surface area contributed by atoms with Crippen LogP contribution in [-0.2, 0) is 10.9 Å². The number of ether oxygens (including phenoxy) is 1. The van der Waals surface area contributed by atoms with E-state index in [-0.39, 0.29) is 11.2 Å². The first-order valence-corrected chi connectivity index (χ1v) is 9.26. The zero-order valence-corrected chi connectivity index (χ0v) is 16.0. The third kappa shape index (κ3) is 3.05. The van der Waals surface area contributed by atoms with Gasteiger partial charge in [0.2, 0.25) is 0 Å². The lowest BCUT2D eigenvalue weighted by atomic mass is 9.93. The second-order valence-electron chi connectivity index (χ2n) is 8.44. The summed E-state index contributed by atoms with van der Waals surface area (Å²) < 4.78 is 47.2. The molecule has 2 aromatic rings. The molecule has 4 rings (SSSR count). The van der Waals surface area contributed by atoms with Crippen molar-refractivity contribution in [3.05, 3.63) is 17.0 Å². The molecular formula is C18H24F3N5O. The molecule has 3 heterocycles. The lowest BCUT2D eigenvalue weighted by Crippen LogP contribution is -2.59. The van der Waals surface area contributed by atoms with Crippen LogP contribution in [0.3, 0.4) is 0 Å². The van der Waals surface area contributed by atoms with Gasteiger partial charge in [-0.05, 0) is 40.5 Å². The third-order valence-corrected chi connectivity index (χ3v) is 5.68. The van der Waals surface area contributed by atoms with Crippen molar-refractivity contribution in [2.75, 3.05) is 18.0 Å². The molecule has 6 nitrogen and oxygen atoms in total. The number of anilines is 1.